The van der Waals surface area contributed by atoms with Crippen molar-refractivity contribution in [1.29, 1.82) is 0 Å². The van der Waals surface area contributed by atoms with E-state index in [1.807, 2.05) is 6.08 Å². The van der Waals surface area contributed by atoms with Crippen LogP contribution in [0.1, 0.15) is 85.5 Å². The Morgan fingerprint density at radius 3 is 2.24 bits per heavy atom. The number of hydrogen-bond acceptors (Lipinski definition) is 6. The first kappa shape index (κ1) is 26.7. The Balaban J connectivity index is 1.56. The standard InChI is InChI=1S/C31H46O6/c1-6-36-28(33)25-20-16-23-19-12-11-18-10-8-9-14-30(18,3)22(19)13-15-31(23,4)24(20)17-21(27(32)35-5)26(25)29(34)37-7-2/h17-23,25-26H,6-16H2,1-5H3/t18-,19-,20-,21+,22+,23+,25-,26-,30+,31+/m1/s1. The molecule has 6 heteroatoms. The van der Waals surface area contributed by atoms with Crippen LogP contribution in [0.5, 0.6) is 0 Å². The van der Waals surface area contributed by atoms with Gasteiger partial charge in [-0.1, -0.05) is 38.3 Å². The van der Waals surface area contributed by atoms with Crippen molar-refractivity contribution in [3.05, 3.63) is 11.6 Å². The Morgan fingerprint density at radius 1 is 0.865 bits per heavy atom. The van der Waals surface area contributed by atoms with E-state index in [1.54, 1.807) is 13.8 Å². The number of hydrogen-bond donors (Lipinski definition) is 0. The van der Waals surface area contributed by atoms with Gasteiger partial charge in [0.25, 0.3) is 0 Å². The minimum atomic E-state index is -0.911. The topological polar surface area (TPSA) is 78.9 Å². The molecule has 10 atom stereocenters. The molecule has 0 aromatic heterocycles. The molecule has 0 spiro atoms. The third-order valence-corrected chi connectivity index (χ3v) is 11.7. The van der Waals surface area contributed by atoms with Crippen molar-refractivity contribution in [2.75, 3.05) is 20.3 Å². The Bertz CT molecular complexity index is 955. The Morgan fingerprint density at radius 2 is 1.57 bits per heavy atom. The quantitative estimate of drug-likeness (QED) is 0.265. The van der Waals surface area contributed by atoms with Gasteiger partial charge in [0.15, 0.2) is 0 Å². The average Bonchev–Trinajstić information content (AvgIpc) is 3.19. The van der Waals surface area contributed by atoms with Gasteiger partial charge in [-0.2, -0.15) is 0 Å². The fraction of sp³-hybridized carbons (Fsp3) is 0.839. The normalized spacial score (nSPS) is 44.3. The van der Waals surface area contributed by atoms with Crippen LogP contribution < -0.4 is 0 Å². The van der Waals surface area contributed by atoms with Crippen molar-refractivity contribution in [3.63, 3.8) is 0 Å². The molecule has 0 aromatic carbocycles. The predicted octanol–water partition coefficient (Wildman–Crippen LogP) is 5.73. The van der Waals surface area contributed by atoms with Crippen LogP contribution in [0, 0.1) is 58.2 Å². The maximum Gasteiger partial charge on any atom is 0.313 e. The molecule has 0 radical (unpaired) electrons. The summed E-state index contributed by atoms with van der Waals surface area (Å²) in [7, 11) is 1.35. The van der Waals surface area contributed by atoms with Gasteiger partial charge >= 0.3 is 17.9 Å². The smallest absolute Gasteiger partial charge is 0.313 e. The maximum atomic E-state index is 13.5. The second-order valence-electron chi connectivity index (χ2n) is 12.9. The molecule has 5 aliphatic carbocycles. The van der Waals surface area contributed by atoms with E-state index in [2.05, 4.69) is 13.8 Å². The van der Waals surface area contributed by atoms with Gasteiger partial charge in [-0.15, -0.1) is 0 Å². The Labute approximate surface area is 222 Å². The summed E-state index contributed by atoms with van der Waals surface area (Å²) in [6.45, 7) is 8.92. The van der Waals surface area contributed by atoms with E-state index < -0.39 is 29.7 Å². The van der Waals surface area contributed by atoms with Crippen LogP contribution in [-0.4, -0.2) is 38.2 Å². The molecule has 0 aromatic rings. The van der Waals surface area contributed by atoms with Crippen molar-refractivity contribution in [1.82, 2.24) is 0 Å². The van der Waals surface area contributed by atoms with Gasteiger partial charge in [0.1, 0.15) is 0 Å². The lowest BCUT2D eigenvalue weighted by atomic mass is 9.45. The number of carbonyl (C=O) groups is 3. The zero-order valence-corrected chi connectivity index (χ0v) is 23.4. The van der Waals surface area contributed by atoms with Gasteiger partial charge < -0.3 is 14.2 Å². The van der Waals surface area contributed by atoms with Crippen molar-refractivity contribution >= 4 is 17.9 Å². The summed E-state index contributed by atoms with van der Waals surface area (Å²) in [5.74, 6) is -1.26. The predicted molar refractivity (Wildman–Crippen MR) is 139 cm³/mol. The number of methoxy groups -OCH3 is 1. The summed E-state index contributed by atoms with van der Waals surface area (Å²) in [5, 5.41) is 0. The van der Waals surface area contributed by atoms with Gasteiger partial charge in [0, 0.05) is 0 Å². The molecule has 0 N–H and O–H groups in total. The summed E-state index contributed by atoms with van der Waals surface area (Å²) in [5.41, 5.74) is 1.55. The molecule has 5 rings (SSSR count). The second kappa shape index (κ2) is 10.0. The zero-order chi connectivity index (χ0) is 26.5. The highest BCUT2D eigenvalue weighted by atomic mass is 16.5. The van der Waals surface area contributed by atoms with Crippen LogP contribution in [0.15, 0.2) is 11.6 Å². The molecule has 0 bridgehead atoms. The van der Waals surface area contributed by atoms with Crippen molar-refractivity contribution < 1.29 is 28.6 Å². The van der Waals surface area contributed by atoms with Gasteiger partial charge in [0.05, 0.1) is 38.1 Å². The summed E-state index contributed by atoms with van der Waals surface area (Å²) in [6.07, 6.45) is 13.2. The monoisotopic (exact) mass is 514 g/mol. The fourth-order valence-electron chi connectivity index (χ4n) is 10.1. The lowest BCUT2D eigenvalue weighted by Crippen LogP contribution is -2.52. The Hall–Kier alpha value is -1.85. The molecule has 5 aliphatic rings. The van der Waals surface area contributed by atoms with E-state index in [4.69, 9.17) is 14.2 Å². The average molecular weight is 515 g/mol. The second-order valence-corrected chi connectivity index (χ2v) is 12.9. The zero-order valence-electron chi connectivity index (χ0n) is 23.4. The van der Waals surface area contributed by atoms with Gasteiger partial charge in [-0.05, 0) is 99.2 Å². The van der Waals surface area contributed by atoms with Crippen molar-refractivity contribution in [2.45, 2.75) is 85.5 Å². The lowest BCUT2D eigenvalue weighted by molar-refractivity contribution is -0.169. The van der Waals surface area contributed by atoms with E-state index in [0.717, 1.165) is 24.7 Å². The maximum absolute atomic E-state index is 13.5. The van der Waals surface area contributed by atoms with E-state index in [9.17, 15) is 14.4 Å². The first-order chi connectivity index (χ1) is 17.7. The SMILES string of the molecule is CCOC(=O)[C@H]1[C@H](C(=O)OCC)[C@@H]2C[C@H]3[C@@H]4CC[C@H]5CCCC[C@]5(C)[C@H]4CC[C@]3(C)C2=C[C@@H]1C(=O)OC. The highest BCUT2D eigenvalue weighted by Crippen LogP contribution is 2.70. The first-order valence-electron chi connectivity index (χ1n) is 14.8. The molecule has 0 aliphatic heterocycles. The van der Waals surface area contributed by atoms with E-state index in [-0.39, 0.29) is 30.5 Å². The van der Waals surface area contributed by atoms with Crippen LogP contribution in [-0.2, 0) is 28.6 Å². The number of carbonyl (C=O) groups excluding carboxylic acids is 3. The first-order valence-corrected chi connectivity index (χ1v) is 14.8. The van der Waals surface area contributed by atoms with Crippen LogP contribution in [0.2, 0.25) is 0 Å². The number of esters is 3. The fourth-order valence-corrected chi connectivity index (χ4v) is 10.1. The molecule has 37 heavy (non-hydrogen) atoms. The van der Waals surface area contributed by atoms with Crippen LogP contribution in [0.4, 0.5) is 0 Å². The van der Waals surface area contributed by atoms with Gasteiger partial charge in [-0.3, -0.25) is 14.4 Å². The molecule has 206 valence electrons. The minimum absolute atomic E-state index is 0.0691. The molecule has 0 heterocycles. The van der Waals surface area contributed by atoms with E-state index >= 15 is 0 Å². The number of allylic oxidation sites excluding steroid dienone is 1. The van der Waals surface area contributed by atoms with E-state index in [0.29, 0.717) is 17.3 Å². The minimum Gasteiger partial charge on any atom is -0.469 e. The third kappa shape index (κ3) is 4.07. The molecule has 0 saturated heterocycles. The lowest BCUT2D eigenvalue weighted by Gasteiger charge is -2.60. The largest absolute Gasteiger partial charge is 0.469 e. The molecule has 4 fully saturated rings. The molecule has 0 unspecified atom stereocenters. The summed E-state index contributed by atoms with van der Waals surface area (Å²) >= 11 is 0. The highest BCUT2D eigenvalue weighted by molar-refractivity contribution is 5.89. The van der Waals surface area contributed by atoms with Crippen LogP contribution in [0.3, 0.4) is 0 Å². The van der Waals surface area contributed by atoms with E-state index in [1.165, 1.54) is 57.6 Å². The van der Waals surface area contributed by atoms with Crippen LogP contribution >= 0.6 is 0 Å². The summed E-state index contributed by atoms with van der Waals surface area (Å²) < 4.78 is 16.2. The molecule has 0 amide bonds. The highest BCUT2D eigenvalue weighted by Gasteiger charge is 2.64. The van der Waals surface area contributed by atoms with Crippen molar-refractivity contribution in [2.24, 2.45) is 58.2 Å². The number of ether oxygens (including phenoxy) is 3. The molecule has 4 saturated carbocycles. The summed E-state index contributed by atoms with van der Waals surface area (Å²) in [4.78, 5) is 39.9. The van der Waals surface area contributed by atoms with Crippen molar-refractivity contribution in [3.8, 4) is 0 Å². The molecule has 6 nitrogen and oxygen atoms in total. The van der Waals surface area contributed by atoms with Gasteiger partial charge in [-0.25, -0.2) is 0 Å². The molecular weight excluding hydrogens is 468 g/mol. The Kier molecular flexibility index (Phi) is 7.25. The number of rotatable bonds is 5. The molecular formula is C31H46O6. The van der Waals surface area contributed by atoms with Crippen LogP contribution in [0.25, 0.3) is 0 Å². The third-order valence-electron chi connectivity index (χ3n) is 11.7. The number of fused-ring (bicyclic) bond motifs is 7. The van der Waals surface area contributed by atoms with Gasteiger partial charge in [0.2, 0.25) is 0 Å². The summed E-state index contributed by atoms with van der Waals surface area (Å²) in [6, 6.07) is 0.